The minimum atomic E-state index is -0.237. The number of nitrogens with zero attached hydrogens (tertiary/aromatic N) is 1. The van der Waals surface area contributed by atoms with Crippen molar-refractivity contribution in [1.29, 1.82) is 0 Å². The third kappa shape index (κ3) is 4.71. The first-order chi connectivity index (χ1) is 12.5. The normalized spacial score (nSPS) is 10.8. The lowest BCUT2D eigenvalue weighted by Gasteiger charge is -2.11. The van der Waals surface area contributed by atoms with Gasteiger partial charge in [-0.05, 0) is 39.5 Å². The maximum absolute atomic E-state index is 12.1. The molecule has 3 aromatic rings. The maximum Gasteiger partial charge on any atom is 0.264 e. The van der Waals surface area contributed by atoms with Crippen molar-refractivity contribution < 1.29 is 9.53 Å². The standard InChI is InChI=1S/C20H19BrN2O2S/c1-13(2)15-8-9-18(16(21)10-15)25-11-19(24)23-20-22-17(12-26-20)14-6-4-3-5-7-14/h3-10,12-13H,11H2,1-2H3,(H,22,23,24). The van der Waals surface area contributed by atoms with E-state index >= 15 is 0 Å². The number of hydrogen-bond donors (Lipinski definition) is 1. The summed E-state index contributed by atoms with van der Waals surface area (Å²) in [4.78, 5) is 16.6. The summed E-state index contributed by atoms with van der Waals surface area (Å²) in [6, 6.07) is 15.8. The summed E-state index contributed by atoms with van der Waals surface area (Å²) in [5, 5.41) is 5.26. The molecule has 1 aromatic heterocycles. The molecule has 1 N–H and O–H groups in total. The Labute approximate surface area is 165 Å². The first kappa shape index (κ1) is 18.6. The zero-order chi connectivity index (χ0) is 18.5. The predicted octanol–water partition coefficient (Wildman–Crippen LogP) is 5.71. The molecule has 0 atom stereocenters. The van der Waals surface area contributed by atoms with Gasteiger partial charge in [0.2, 0.25) is 0 Å². The Morgan fingerprint density at radius 2 is 2.00 bits per heavy atom. The van der Waals surface area contributed by atoms with Gasteiger partial charge >= 0.3 is 0 Å². The number of carbonyl (C=O) groups is 1. The molecule has 0 aliphatic carbocycles. The average Bonchev–Trinajstić information content (AvgIpc) is 3.09. The second kappa shape index (κ2) is 8.47. The molecule has 0 aliphatic heterocycles. The maximum atomic E-state index is 12.1. The molecule has 0 radical (unpaired) electrons. The van der Waals surface area contributed by atoms with Crippen LogP contribution in [-0.4, -0.2) is 17.5 Å². The van der Waals surface area contributed by atoms with Gasteiger partial charge < -0.3 is 4.74 Å². The van der Waals surface area contributed by atoms with Crippen molar-refractivity contribution in [3.8, 4) is 17.0 Å². The minimum Gasteiger partial charge on any atom is -0.483 e. The number of anilines is 1. The molecular weight excluding hydrogens is 412 g/mol. The first-order valence-electron chi connectivity index (χ1n) is 8.26. The fraction of sp³-hybridized carbons (Fsp3) is 0.200. The number of aromatic nitrogens is 1. The molecule has 1 amide bonds. The summed E-state index contributed by atoms with van der Waals surface area (Å²) >= 11 is 4.89. The Morgan fingerprint density at radius 1 is 1.23 bits per heavy atom. The fourth-order valence-electron chi connectivity index (χ4n) is 2.36. The van der Waals surface area contributed by atoms with Gasteiger partial charge in [-0.15, -0.1) is 11.3 Å². The molecule has 0 spiro atoms. The number of halogens is 1. The molecule has 0 fully saturated rings. The third-order valence-corrected chi connectivity index (χ3v) is 5.18. The number of rotatable bonds is 6. The molecular formula is C20H19BrN2O2S. The Kier molecular flexibility index (Phi) is 6.06. The van der Waals surface area contributed by atoms with Gasteiger partial charge in [0.1, 0.15) is 5.75 Å². The van der Waals surface area contributed by atoms with Crippen molar-refractivity contribution in [3.63, 3.8) is 0 Å². The van der Waals surface area contributed by atoms with E-state index in [0.717, 1.165) is 15.7 Å². The number of hydrogen-bond acceptors (Lipinski definition) is 4. The van der Waals surface area contributed by atoms with Gasteiger partial charge in [0.05, 0.1) is 10.2 Å². The van der Waals surface area contributed by atoms with Crippen LogP contribution in [0, 0.1) is 0 Å². The highest BCUT2D eigenvalue weighted by Crippen LogP contribution is 2.29. The number of carbonyl (C=O) groups excluding carboxylic acids is 1. The lowest BCUT2D eigenvalue weighted by atomic mass is 10.0. The molecule has 0 bridgehead atoms. The van der Waals surface area contributed by atoms with Crippen molar-refractivity contribution in [2.75, 3.05) is 11.9 Å². The Hall–Kier alpha value is -2.18. The van der Waals surface area contributed by atoms with Crippen LogP contribution in [0.15, 0.2) is 58.4 Å². The summed E-state index contributed by atoms with van der Waals surface area (Å²) < 4.78 is 6.46. The van der Waals surface area contributed by atoms with E-state index in [1.165, 1.54) is 16.9 Å². The molecule has 4 nitrogen and oxygen atoms in total. The predicted molar refractivity (Wildman–Crippen MR) is 110 cm³/mol. The van der Waals surface area contributed by atoms with Crippen molar-refractivity contribution in [2.45, 2.75) is 19.8 Å². The van der Waals surface area contributed by atoms with Gasteiger partial charge in [-0.2, -0.15) is 0 Å². The van der Waals surface area contributed by atoms with Crippen molar-refractivity contribution in [2.24, 2.45) is 0 Å². The number of amides is 1. The average molecular weight is 431 g/mol. The zero-order valence-corrected chi connectivity index (χ0v) is 16.9. The van der Waals surface area contributed by atoms with Crippen LogP contribution >= 0.6 is 27.3 Å². The van der Waals surface area contributed by atoms with E-state index in [9.17, 15) is 4.79 Å². The first-order valence-corrected chi connectivity index (χ1v) is 9.93. The van der Waals surface area contributed by atoms with E-state index in [2.05, 4.69) is 40.1 Å². The van der Waals surface area contributed by atoms with Crippen LogP contribution in [0.4, 0.5) is 5.13 Å². The zero-order valence-electron chi connectivity index (χ0n) is 14.5. The lowest BCUT2D eigenvalue weighted by Crippen LogP contribution is -2.20. The van der Waals surface area contributed by atoms with E-state index in [4.69, 9.17) is 4.74 Å². The number of benzene rings is 2. The molecule has 3 rings (SSSR count). The highest BCUT2D eigenvalue weighted by Gasteiger charge is 2.10. The quantitative estimate of drug-likeness (QED) is 0.544. The van der Waals surface area contributed by atoms with Crippen LogP contribution in [0.25, 0.3) is 11.3 Å². The summed E-state index contributed by atoms with van der Waals surface area (Å²) in [5.41, 5.74) is 3.08. The van der Waals surface area contributed by atoms with E-state index in [-0.39, 0.29) is 12.5 Å². The largest absolute Gasteiger partial charge is 0.483 e. The van der Waals surface area contributed by atoms with Gasteiger partial charge in [0, 0.05) is 10.9 Å². The van der Waals surface area contributed by atoms with E-state index in [1.807, 2.05) is 53.9 Å². The van der Waals surface area contributed by atoms with Gasteiger partial charge in [-0.25, -0.2) is 4.98 Å². The second-order valence-electron chi connectivity index (χ2n) is 6.09. The number of ether oxygens (including phenoxy) is 1. The molecule has 0 unspecified atom stereocenters. The molecule has 0 aliphatic rings. The second-order valence-corrected chi connectivity index (χ2v) is 7.80. The summed E-state index contributed by atoms with van der Waals surface area (Å²) in [6.45, 7) is 4.20. The van der Waals surface area contributed by atoms with Crippen molar-refractivity contribution in [1.82, 2.24) is 4.98 Å². The monoisotopic (exact) mass is 430 g/mol. The smallest absolute Gasteiger partial charge is 0.264 e. The molecule has 2 aromatic carbocycles. The third-order valence-electron chi connectivity index (χ3n) is 3.80. The van der Waals surface area contributed by atoms with Gasteiger partial charge in [-0.1, -0.05) is 50.2 Å². The van der Waals surface area contributed by atoms with E-state index < -0.39 is 0 Å². The van der Waals surface area contributed by atoms with Gasteiger partial charge in [0.15, 0.2) is 11.7 Å². The lowest BCUT2D eigenvalue weighted by molar-refractivity contribution is -0.118. The number of thiazole rings is 1. The molecule has 26 heavy (non-hydrogen) atoms. The molecule has 6 heteroatoms. The topological polar surface area (TPSA) is 51.2 Å². The van der Waals surface area contributed by atoms with Crippen LogP contribution in [0.3, 0.4) is 0 Å². The van der Waals surface area contributed by atoms with Gasteiger partial charge in [0.25, 0.3) is 5.91 Å². The van der Waals surface area contributed by atoms with Crippen LogP contribution in [0.5, 0.6) is 5.75 Å². The molecule has 0 saturated heterocycles. The molecule has 0 saturated carbocycles. The fourth-order valence-corrected chi connectivity index (χ4v) is 3.61. The van der Waals surface area contributed by atoms with E-state index in [1.54, 1.807) is 0 Å². The van der Waals surface area contributed by atoms with Crippen LogP contribution in [0.2, 0.25) is 0 Å². The van der Waals surface area contributed by atoms with Crippen LogP contribution < -0.4 is 10.1 Å². The Morgan fingerprint density at radius 3 is 2.69 bits per heavy atom. The summed E-state index contributed by atoms with van der Waals surface area (Å²) in [5.74, 6) is 0.847. The van der Waals surface area contributed by atoms with Crippen molar-refractivity contribution >= 4 is 38.3 Å². The number of nitrogens with one attached hydrogen (secondary N) is 1. The molecule has 134 valence electrons. The van der Waals surface area contributed by atoms with Crippen LogP contribution in [-0.2, 0) is 4.79 Å². The Balaban J connectivity index is 1.57. The highest BCUT2D eigenvalue weighted by molar-refractivity contribution is 9.10. The minimum absolute atomic E-state index is 0.0696. The van der Waals surface area contributed by atoms with Crippen LogP contribution in [0.1, 0.15) is 25.3 Å². The Bertz CT molecular complexity index is 894. The van der Waals surface area contributed by atoms with Gasteiger partial charge in [-0.3, -0.25) is 10.1 Å². The molecule has 1 heterocycles. The SMILES string of the molecule is CC(C)c1ccc(OCC(=O)Nc2nc(-c3ccccc3)cs2)c(Br)c1. The summed E-state index contributed by atoms with van der Waals surface area (Å²) in [6.07, 6.45) is 0. The van der Waals surface area contributed by atoms with E-state index in [0.29, 0.717) is 16.8 Å². The van der Waals surface area contributed by atoms with Crippen molar-refractivity contribution in [3.05, 3.63) is 63.9 Å². The summed E-state index contributed by atoms with van der Waals surface area (Å²) in [7, 11) is 0. The highest BCUT2D eigenvalue weighted by atomic mass is 79.9.